The van der Waals surface area contributed by atoms with Crippen molar-refractivity contribution in [1.82, 2.24) is 10.2 Å². The van der Waals surface area contributed by atoms with Gasteiger partial charge in [-0.25, -0.2) is 0 Å². The fourth-order valence-corrected chi connectivity index (χ4v) is 1.11. The lowest BCUT2D eigenvalue weighted by Crippen LogP contribution is -2.43. The summed E-state index contributed by atoms with van der Waals surface area (Å²) >= 11 is 0. The number of nitrogens with one attached hydrogen (secondary N) is 1. The molecule has 0 aromatic heterocycles. The number of hydrogen-bond acceptors (Lipinski definition) is 5. The predicted octanol–water partition coefficient (Wildman–Crippen LogP) is -1.55. The molecule has 7 heteroatoms. The van der Waals surface area contributed by atoms with Crippen LogP contribution in [-0.2, 0) is 14.3 Å². The summed E-state index contributed by atoms with van der Waals surface area (Å²) in [6, 6.07) is 1.96. The van der Waals surface area contributed by atoms with Crippen molar-refractivity contribution < 1.29 is 14.3 Å². The molecule has 0 aliphatic rings. The van der Waals surface area contributed by atoms with Crippen molar-refractivity contribution in [2.75, 3.05) is 39.9 Å². The molecule has 2 amide bonds. The molecular weight excluding hydrogens is 224 g/mol. The molecule has 0 spiro atoms. The largest absolute Gasteiger partial charge is 0.383 e. The molecule has 0 atom stereocenters. The molecule has 0 aromatic rings. The second-order valence-electron chi connectivity index (χ2n) is 3.26. The van der Waals surface area contributed by atoms with Gasteiger partial charge in [-0.2, -0.15) is 5.26 Å². The average molecular weight is 242 g/mol. The third kappa shape index (κ3) is 7.27. The fourth-order valence-electron chi connectivity index (χ4n) is 1.11. The van der Waals surface area contributed by atoms with E-state index in [0.717, 1.165) is 0 Å². The van der Waals surface area contributed by atoms with Crippen LogP contribution in [0.25, 0.3) is 0 Å². The van der Waals surface area contributed by atoms with Crippen LogP contribution in [0.5, 0.6) is 0 Å². The van der Waals surface area contributed by atoms with Gasteiger partial charge in [-0.15, -0.1) is 0 Å². The van der Waals surface area contributed by atoms with Crippen molar-refractivity contribution in [3.63, 3.8) is 0 Å². The molecule has 0 unspecified atom stereocenters. The Bertz CT molecular complexity index is 288. The van der Waals surface area contributed by atoms with Crippen LogP contribution in [-0.4, -0.2) is 56.6 Å². The van der Waals surface area contributed by atoms with Crippen molar-refractivity contribution in [3.05, 3.63) is 0 Å². The lowest BCUT2D eigenvalue weighted by molar-refractivity contribution is -0.133. The van der Waals surface area contributed by atoms with Gasteiger partial charge in [0.25, 0.3) is 0 Å². The first-order valence-corrected chi connectivity index (χ1v) is 5.26. The Morgan fingerprint density at radius 1 is 1.47 bits per heavy atom. The second-order valence-corrected chi connectivity index (χ2v) is 3.26. The second kappa shape index (κ2) is 9.57. The molecule has 17 heavy (non-hydrogen) atoms. The van der Waals surface area contributed by atoms with Crippen LogP contribution in [0.4, 0.5) is 0 Å². The van der Waals surface area contributed by atoms with Gasteiger partial charge in [0.2, 0.25) is 11.8 Å². The topological polar surface area (TPSA) is 108 Å². The zero-order valence-corrected chi connectivity index (χ0v) is 9.94. The number of methoxy groups -OCH3 is 1. The Labute approximate surface area is 101 Å². The minimum absolute atomic E-state index is 0.106. The third-order valence-electron chi connectivity index (χ3n) is 2.03. The summed E-state index contributed by atoms with van der Waals surface area (Å²) in [5, 5.41) is 10.9. The number of nitrogens with zero attached hydrogens (tertiary/aromatic N) is 2. The van der Waals surface area contributed by atoms with E-state index in [0.29, 0.717) is 19.7 Å². The molecule has 0 aliphatic carbocycles. The monoisotopic (exact) mass is 242 g/mol. The molecule has 0 heterocycles. The maximum atomic E-state index is 11.7. The lowest BCUT2D eigenvalue weighted by Gasteiger charge is -2.21. The summed E-state index contributed by atoms with van der Waals surface area (Å²) in [6.07, 6.45) is 0.250. The number of hydrogen-bond donors (Lipinski definition) is 2. The minimum atomic E-state index is -0.384. The molecule has 0 saturated carbocycles. The molecule has 3 N–H and O–H groups in total. The van der Waals surface area contributed by atoms with Gasteiger partial charge >= 0.3 is 0 Å². The standard InChI is InChI=1S/C10H18N4O3/c1-17-6-5-14(4-2-3-11)10(16)8-13-9(15)7-12/h2,4-8,12H2,1H3,(H,13,15). The van der Waals surface area contributed by atoms with E-state index in [1.165, 1.54) is 12.0 Å². The highest BCUT2D eigenvalue weighted by Crippen LogP contribution is 1.92. The van der Waals surface area contributed by atoms with E-state index in [-0.39, 0.29) is 31.3 Å². The predicted molar refractivity (Wildman–Crippen MR) is 60.8 cm³/mol. The zero-order valence-electron chi connectivity index (χ0n) is 9.94. The third-order valence-corrected chi connectivity index (χ3v) is 2.03. The van der Waals surface area contributed by atoms with E-state index in [2.05, 4.69) is 5.32 Å². The smallest absolute Gasteiger partial charge is 0.242 e. The first-order valence-electron chi connectivity index (χ1n) is 5.26. The summed E-state index contributed by atoms with van der Waals surface area (Å²) in [5.41, 5.74) is 5.09. The number of ether oxygens (including phenoxy) is 1. The van der Waals surface area contributed by atoms with Crippen molar-refractivity contribution in [2.24, 2.45) is 5.73 Å². The Morgan fingerprint density at radius 2 is 2.18 bits per heavy atom. The quantitative estimate of drug-likeness (QED) is 0.535. The fraction of sp³-hybridized carbons (Fsp3) is 0.700. The highest BCUT2D eigenvalue weighted by Gasteiger charge is 2.13. The molecule has 0 bridgehead atoms. The highest BCUT2D eigenvalue weighted by atomic mass is 16.5. The van der Waals surface area contributed by atoms with Crippen LogP contribution in [0.1, 0.15) is 6.42 Å². The van der Waals surface area contributed by atoms with Gasteiger partial charge in [0.15, 0.2) is 0 Å². The molecule has 0 saturated heterocycles. The maximum Gasteiger partial charge on any atom is 0.242 e. The molecule has 96 valence electrons. The Hall–Kier alpha value is -1.65. The summed E-state index contributed by atoms with van der Waals surface area (Å²) in [4.78, 5) is 24.0. The summed E-state index contributed by atoms with van der Waals surface area (Å²) in [6.45, 7) is 0.865. The van der Waals surface area contributed by atoms with Crippen LogP contribution in [0.2, 0.25) is 0 Å². The molecule has 0 fully saturated rings. The number of rotatable bonds is 8. The van der Waals surface area contributed by atoms with E-state index in [1.807, 2.05) is 6.07 Å². The van der Waals surface area contributed by atoms with Gasteiger partial charge in [-0.3, -0.25) is 9.59 Å². The Kier molecular flexibility index (Phi) is 8.64. The van der Waals surface area contributed by atoms with Gasteiger partial charge in [0.1, 0.15) is 0 Å². The normalized spacial score (nSPS) is 9.47. The Balaban J connectivity index is 4.12. The lowest BCUT2D eigenvalue weighted by atomic mass is 10.3. The van der Waals surface area contributed by atoms with Gasteiger partial charge in [0, 0.05) is 20.2 Å². The molecular formula is C10H18N4O3. The first kappa shape index (κ1) is 15.3. The molecule has 0 radical (unpaired) electrons. The number of carbonyl (C=O) groups excluding carboxylic acids is 2. The summed E-state index contributed by atoms with van der Waals surface area (Å²) < 4.78 is 4.87. The SMILES string of the molecule is COCCN(CCC#N)C(=O)CNC(=O)CN. The van der Waals surface area contributed by atoms with Gasteiger partial charge in [-0.05, 0) is 0 Å². The first-order chi connectivity index (χ1) is 8.15. The van der Waals surface area contributed by atoms with E-state index >= 15 is 0 Å². The van der Waals surface area contributed by atoms with E-state index in [4.69, 9.17) is 15.7 Å². The summed E-state index contributed by atoms with van der Waals surface area (Å²) in [7, 11) is 1.53. The Morgan fingerprint density at radius 3 is 2.71 bits per heavy atom. The molecule has 0 rings (SSSR count). The van der Waals surface area contributed by atoms with E-state index in [9.17, 15) is 9.59 Å². The molecule has 0 aliphatic heterocycles. The van der Waals surface area contributed by atoms with Crippen molar-refractivity contribution in [1.29, 1.82) is 5.26 Å². The minimum Gasteiger partial charge on any atom is -0.383 e. The van der Waals surface area contributed by atoms with Crippen LogP contribution in [0.15, 0.2) is 0 Å². The van der Waals surface area contributed by atoms with Crippen molar-refractivity contribution in [2.45, 2.75) is 6.42 Å². The van der Waals surface area contributed by atoms with Gasteiger partial charge < -0.3 is 20.7 Å². The van der Waals surface area contributed by atoms with Gasteiger partial charge in [-0.1, -0.05) is 0 Å². The van der Waals surface area contributed by atoms with Crippen LogP contribution in [0.3, 0.4) is 0 Å². The molecule has 7 nitrogen and oxygen atoms in total. The zero-order chi connectivity index (χ0) is 13.1. The van der Waals surface area contributed by atoms with Crippen molar-refractivity contribution in [3.8, 4) is 6.07 Å². The molecule has 0 aromatic carbocycles. The van der Waals surface area contributed by atoms with E-state index < -0.39 is 0 Å². The van der Waals surface area contributed by atoms with Crippen LogP contribution in [0, 0.1) is 11.3 Å². The number of nitrogens with two attached hydrogens (primary N) is 1. The maximum absolute atomic E-state index is 11.7. The average Bonchev–Trinajstić information content (AvgIpc) is 2.35. The number of carbonyl (C=O) groups is 2. The van der Waals surface area contributed by atoms with Gasteiger partial charge in [0.05, 0.1) is 32.2 Å². The summed E-state index contributed by atoms with van der Waals surface area (Å²) in [5.74, 6) is -0.635. The highest BCUT2D eigenvalue weighted by molar-refractivity contribution is 5.85. The van der Waals surface area contributed by atoms with Crippen LogP contribution >= 0.6 is 0 Å². The number of nitriles is 1. The van der Waals surface area contributed by atoms with Crippen LogP contribution < -0.4 is 11.1 Å². The van der Waals surface area contributed by atoms with E-state index in [1.54, 1.807) is 0 Å². The van der Waals surface area contributed by atoms with Crippen molar-refractivity contribution >= 4 is 11.8 Å². The number of amides is 2.